The zero-order valence-corrected chi connectivity index (χ0v) is 18.9. The molecule has 0 unspecified atom stereocenters. The number of aromatic amines is 1. The fourth-order valence-corrected chi connectivity index (χ4v) is 3.68. The number of fused-ring (bicyclic) bond motifs is 1. The van der Waals surface area contributed by atoms with Gasteiger partial charge in [0.25, 0.3) is 0 Å². The van der Waals surface area contributed by atoms with Gasteiger partial charge >= 0.3 is 0 Å². The molecule has 0 saturated heterocycles. The third-order valence-corrected chi connectivity index (χ3v) is 5.27. The van der Waals surface area contributed by atoms with Crippen molar-refractivity contribution in [2.45, 2.75) is 20.5 Å². The number of nitrogens with zero attached hydrogens (tertiary/aromatic N) is 2. The fraction of sp³-hybridized carbons (Fsp3) is 0.154. The maximum absolute atomic E-state index is 14.0. The topological polar surface area (TPSA) is 70.9 Å². The average molecular weight is 462 g/mol. The number of nitrogens with one attached hydrogen (secondary N) is 1. The molecule has 0 aliphatic heterocycles. The van der Waals surface area contributed by atoms with E-state index < -0.39 is 0 Å². The lowest BCUT2D eigenvalue weighted by Crippen LogP contribution is -2.02. The Bertz CT molecular complexity index is 1390. The monoisotopic (exact) mass is 461 g/mol. The first-order valence-corrected chi connectivity index (χ1v) is 10.8. The Hall–Kier alpha value is -3.82. The van der Waals surface area contributed by atoms with Crippen molar-refractivity contribution in [2.75, 3.05) is 6.61 Å². The molecule has 1 heterocycles. The lowest BCUT2D eigenvalue weighted by atomic mass is 10.1. The van der Waals surface area contributed by atoms with Crippen molar-refractivity contribution >= 4 is 34.3 Å². The van der Waals surface area contributed by atoms with Gasteiger partial charge in [-0.1, -0.05) is 35.9 Å². The Kier molecular flexibility index (Phi) is 6.62. The second kappa shape index (κ2) is 9.76. The second-order valence-electron chi connectivity index (χ2n) is 7.42. The number of rotatable bonds is 7. The van der Waals surface area contributed by atoms with Gasteiger partial charge in [0.1, 0.15) is 24.3 Å². The molecule has 0 bridgehead atoms. The molecule has 0 aliphatic carbocycles. The van der Waals surface area contributed by atoms with Crippen LogP contribution in [-0.2, 0) is 6.61 Å². The normalized spacial score (nSPS) is 11.4. The van der Waals surface area contributed by atoms with E-state index in [2.05, 4.69) is 16.0 Å². The predicted octanol–water partition coefficient (Wildman–Crippen LogP) is 6.71. The highest BCUT2D eigenvalue weighted by atomic mass is 35.5. The molecule has 0 spiro atoms. The first-order chi connectivity index (χ1) is 16.0. The van der Waals surface area contributed by atoms with E-state index in [1.165, 1.54) is 6.07 Å². The smallest absolute Gasteiger partial charge is 0.180 e. The minimum atomic E-state index is -0.356. The van der Waals surface area contributed by atoms with E-state index in [1.54, 1.807) is 36.4 Å². The van der Waals surface area contributed by atoms with Crippen molar-refractivity contribution in [1.82, 2.24) is 9.97 Å². The number of aromatic nitrogens is 2. The molecule has 0 radical (unpaired) electrons. The van der Waals surface area contributed by atoms with Gasteiger partial charge in [-0.25, -0.2) is 9.37 Å². The van der Waals surface area contributed by atoms with Crippen LogP contribution in [0.1, 0.15) is 29.4 Å². The van der Waals surface area contributed by atoms with Gasteiger partial charge in [0.05, 0.1) is 28.2 Å². The number of hydrogen-bond acceptors (Lipinski definition) is 4. The molecule has 0 atom stereocenters. The van der Waals surface area contributed by atoms with Crippen molar-refractivity contribution in [3.63, 3.8) is 0 Å². The number of nitriles is 1. The first kappa shape index (κ1) is 22.4. The summed E-state index contributed by atoms with van der Waals surface area (Å²) in [6, 6.07) is 17.8. The van der Waals surface area contributed by atoms with E-state index in [1.807, 2.05) is 32.0 Å². The van der Waals surface area contributed by atoms with Gasteiger partial charge in [0, 0.05) is 5.56 Å². The number of allylic oxidation sites excluding steroid dienone is 1. The van der Waals surface area contributed by atoms with Crippen molar-refractivity contribution in [1.29, 1.82) is 5.26 Å². The van der Waals surface area contributed by atoms with Crippen molar-refractivity contribution in [3.05, 3.63) is 88.0 Å². The Morgan fingerprint density at radius 1 is 1.18 bits per heavy atom. The van der Waals surface area contributed by atoms with E-state index >= 15 is 0 Å². The molecule has 0 saturated carbocycles. The summed E-state index contributed by atoms with van der Waals surface area (Å²) < 4.78 is 25.5. The van der Waals surface area contributed by atoms with Crippen LogP contribution < -0.4 is 9.47 Å². The highest BCUT2D eigenvalue weighted by Crippen LogP contribution is 2.38. The van der Waals surface area contributed by atoms with Gasteiger partial charge < -0.3 is 14.5 Å². The van der Waals surface area contributed by atoms with Crippen LogP contribution in [0.5, 0.6) is 11.5 Å². The van der Waals surface area contributed by atoms with Crippen LogP contribution in [0.4, 0.5) is 4.39 Å². The standard InChI is InChI=1S/C26H21ClFN3O2/c1-3-32-24-13-17(12-20(27)25(24)33-15-18-6-4-5-7-21(18)28)11-19(14-29)26-30-22-9-8-16(2)10-23(22)31-26/h4-13H,3,15H2,1-2H3,(H,30,31). The van der Waals surface area contributed by atoms with Crippen LogP contribution >= 0.6 is 11.6 Å². The number of ether oxygens (including phenoxy) is 2. The maximum Gasteiger partial charge on any atom is 0.180 e. The third-order valence-electron chi connectivity index (χ3n) is 4.99. The predicted molar refractivity (Wildman–Crippen MR) is 128 cm³/mol. The summed E-state index contributed by atoms with van der Waals surface area (Å²) in [4.78, 5) is 7.71. The highest BCUT2D eigenvalue weighted by Gasteiger charge is 2.15. The number of halogens is 2. The van der Waals surface area contributed by atoms with Crippen LogP contribution in [0.2, 0.25) is 5.02 Å². The van der Waals surface area contributed by atoms with Crippen molar-refractivity contribution in [2.24, 2.45) is 0 Å². The molecule has 4 aromatic rings. The summed E-state index contributed by atoms with van der Waals surface area (Å²) in [6.07, 6.45) is 1.68. The van der Waals surface area contributed by atoms with Gasteiger partial charge in [-0.3, -0.25) is 0 Å². The van der Waals surface area contributed by atoms with Gasteiger partial charge in [-0.05, 0) is 61.4 Å². The number of H-pyrrole nitrogens is 1. The molecule has 7 heteroatoms. The van der Waals surface area contributed by atoms with Crippen LogP contribution in [-0.4, -0.2) is 16.6 Å². The van der Waals surface area contributed by atoms with Crippen LogP contribution in [0.25, 0.3) is 22.7 Å². The van der Waals surface area contributed by atoms with Gasteiger partial charge in [-0.15, -0.1) is 0 Å². The van der Waals surface area contributed by atoms with E-state index in [0.29, 0.717) is 45.7 Å². The summed E-state index contributed by atoms with van der Waals surface area (Å²) >= 11 is 6.50. The maximum atomic E-state index is 14.0. The third kappa shape index (κ3) is 5.00. The molecule has 0 amide bonds. The molecule has 0 fully saturated rings. The lowest BCUT2D eigenvalue weighted by molar-refractivity contribution is 0.266. The molecular weight excluding hydrogens is 441 g/mol. The summed E-state index contributed by atoms with van der Waals surface area (Å²) in [7, 11) is 0. The Morgan fingerprint density at radius 2 is 2.00 bits per heavy atom. The second-order valence-corrected chi connectivity index (χ2v) is 7.83. The average Bonchev–Trinajstić information content (AvgIpc) is 3.21. The molecule has 166 valence electrons. The summed E-state index contributed by atoms with van der Waals surface area (Å²) in [5.41, 5.74) is 4.14. The largest absolute Gasteiger partial charge is 0.490 e. The quantitative estimate of drug-likeness (QED) is 0.310. The van der Waals surface area contributed by atoms with Gasteiger partial charge in [-0.2, -0.15) is 5.26 Å². The molecule has 1 N–H and O–H groups in total. The molecule has 33 heavy (non-hydrogen) atoms. The van der Waals surface area contributed by atoms with Crippen LogP contribution in [0.15, 0.2) is 54.6 Å². The van der Waals surface area contributed by atoms with Crippen molar-refractivity contribution < 1.29 is 13.9 Å². The van der Waals surface area contributed by atoms with E-state index in [-0.39, 0.29) is 12.4 Å². The molecule has 3 aromatic carbocycles. The first-order valence-electron chi connectivity index (χ1n) is 10.4. The number of imidazole rings is 1. The number of aryl methyl sites for hydroxylation is 1. The molecule has 0 aliphatic rings. The zero-order chi connectivity index (χ0) is 23.4. The Labute approximate surface area is 196 Å². The van der Waals surface area contributed by atoms with E-state index in [9.17, 15) is 9.65 Å². The molecule has 5 nitrogen and oxygen atoms in total. The van der Waals surface area contributed by atoms with E-state index in [4.69, 9.17) is 21.1 Å². The Balaban J connectivity index is 1.67. The zero-order valence-electron chi connectivity index (χ0n) is 18.2. The van der Waals surface area contributed by atoms with Gasteiger partial charge in [0.2, 0.25) is 0 Å². The minimum absolute atomic E-state index is 0.00347. The summed E-state index contributed by atoms with van der Waals surface area (Å²) in [6.45, 7) is 4.22. The van der Waals surface area contributed by atoms with E-state index in [0.717, 1.165) is 16.6 Å². The molecule has 4 rings (SSSR count). The number of hydrogen-bond donors (Lipinski definition) is 1. The van der Waals surface area contributed by atoms with Crippen LogP contribution in [0.3, 0.4) is 0 Å². The molecular formula is C26H21ClFN3O2. The van der Waals surface area contributed by atoms with Crippen LogP contribution in [0, 0.1) is 24.1 Å². The highest BCUT2D eigenvalue weighted by molar-refractivity contribution is 6.32. The van der Waals surface area contributed by atoms with Crippen molar-refractivity contribution in [3.8, 4) is 17.6 Å². The lowest BCUT2D eigenvalue weighted by Gasteiger charge is -2.15. The fourth-order valence-electron chi connectivity index (χ4n) is 3.41. The number of benzene rings is 3. The summed E-state index contributed by atoms with van der Waals surface area (Å²) in [5, 5.41) is 10.0. The Morgan fingerprint density at radius 3 is 2.76 bits per heavy atom. The molecule has 1 aromatic heterocycles. The SMILES string of the molecule is CCOc1cc(C=C(C#N)c2nc3ccc(C)cc3[nH]2)cc(Cl)c1OCc1ccccc1F. The summed E-state index contributed by atoms with van der Waals surface area (Å²) in [5.74, 6) is 0.833. The van der Waals surface area contributed by atoms with Gasteiger partial charge in [0.15, 0.2) is 11.5 Å². The minimum Gasteiger partial charge on any atom is -0.490 e.